The van der Waals surface area contributed by atoms with Crippen LogP contribution in [0.4, 0.5) is 0 Å². The van der Waals surface area contributed by atoms with Crippen molar-refractivity contribution in [1.29, 1.82) is 0 Å². The zero-order chi connectivity index (χ0) is 3.41. The average Bonchev–Trinajstić information content (AvgIpc) is 1.37. The van der Waals surface area contributed by atoms with Gasteiger partial charge in [0.05, 0.1) is 6.61 Å². The van der Waals surface area contributed by atoms with Gasteiger partial charge in [0.2, 0.25) is 0 Å². The number of hydrogen-bond acceptors (Lipinski definition) is 1. The minimum atomic E-state index is -0.264. The van der Waals surface area contributed by atoms with Crippen LogP contribution in [0, 0.1) is 12.3 Å². The van der Waals surface area contributed by atoms with Crippen molar-refractivity contribution in [3.63, 3.8) is 0 Å². The van der Waals surface area contributed by atoms with Gasteiger partial charge in [-0.3, -0.25) is 0 Å². The largest absolute Gasteiger partial charge is 1.00 e. The molecular weight excluding hydrogens is 75.0 g/mol. The molecule has 0 aliphatic rings. The maximum absolute atomic E-state index is 7.58. The van der Waals surface area contributed by atoms with E-state index in [0.29, 0.717) is 0 Å². The third-order valence-corrected chi connectivity index (χ3v) is 0.0791. The molecule has 2 heteroatoms. The summed E-state index contributed by atoms with van der Waals surface area (Å²) in [5.41, 5.74) is 0. The first-order valence-electron chi connectivity index (χ1n) is 0.920. The monoisotopic (exact) mass is 78.0 g/mol. The summed E-state index contributed by atoms with van der Waals surface area (Å²) >= 11 is 0. The molecule has 0 aromatic heterocycles. The van der Waals surface area contributed by atoms with Crippen LogP contribution < -0.4 is 29.6 Å². The van der Waals surface area contributed by atoms with Crippen LogP contribution in [0.25, 0.3) is 0 Å². The maximum atomic E-state index is 7.58. The molecule has 0 heterocycles. The molecule has 0 fully saturated rings. The number of aliphatic hydroxyl groups excluding tert-OH is 1. The Morgan fingerprint density at radius 3 is 2.00 bits per heavy atom. The van der Waals surface area contributed by atoms with Crippen molar-refractivity contribution in [2.75, 3.05) is 6.61 Å². The van der Waals surface area contributed by atoms with Gasteiger partial charge in [-0.25, -0.2) is 0 Å². The Labute approximate surface area is 53.7 Å². The second-order valence-electron chi connectivity index (χ2n) is 0.335. The van der Waals surface area contributed by atoms with E-state index in [4.69, 9.17) is 11.5 Å². The van der Waals surface area contributed by atoms with E-state index in [2.05, 4.69) is 0 Å². The van der Waals surface area contributed by atoms with Crippen molar-refractivity contribution in [3.05, 3.63) is 6.42 Å². The summed E-state index contributed by atoms with van der Waals surface area (Å²) in [6.45, 7) is -0.264. The summed E-state index contributed by atoms with van der Waals surface area (Å²) in [7, 11) is 0. The van der Waals surface area contributed by atoms with Gasteiger partial charge in [-0.05, 0) is 0 Å². The summed E-state index contributed by atoms with van der Waals surface area (Å²) in [4.78, 5) is 0. The molecule has 0 bridgehead atoms. The summed E-state index contributed by atoms with van der Waals surface area (Å²) in [5, 5.41) is 7.58. The quantitative estimate of drug-likeness (QED) is 0.182. The molecule has 22 valence electrons. The average molecular weight is 78.0 g/mol. The summed E-state index contributed by atoms with van der Waals surface area (Å²) in [6, 6.07) is 0. The molecule has 5 heavy (non-hydrogen) atoms. The van der Waals surface area contributed by atoms with Gasteiger partial charge in [-0.15, -0.1) is 0 Å². The summed E-state index contributed by atoms with van der Waals surface area (Å²) in [5.74, 6) is 1.74. The second kappa shape index (κ2) is 8.82. The molecule has 0 aliphatic heterocycles. The van der Waals surface area contributed by atoms with Crippen molar-refractivity contribution in [3.8, 4) is 5.92 Å². The van der Waals surface area contributed by atoms with E-state index in [0.717, 1.165) is 0 Å². The van der Waals surface area contributed by atoms with Gasteiger partial charge in [0.25, 0.3) is 0 Å². The van der Waals surface area contributed by atoms with Crippen LogP contribution >= 0.6 is 0 Å². The molecule has 0 aromatic rings. The van der Waals surface area contributed by atoms with Crippen molar-refractivity contribution >= 4 is 0 Å². The van der Waals surface area contributed by atoms with Crippen LogP contribution in [0.5, 0.6) is 0 Å². The topological polar surface area (TPSA) is 20.2 Å². The first kappa shape index (κ1) is 9.10. The number of rotatable bonds is 0. The van der Waals surface area contributed by atoms with Crippen LogP contribution in [0.15, 0.2) is 0 Å². The summed E-state index contributed by atoms with van der Waals surface area (Å²) < 4.78 is 0. The van der Waals surface area contributed by atoms with Gasteiger partial charge in [-0.2, -0.15) is 0 Å². The molecule has 0 saturated heterocycles. The molecule has 1 N–H and O–H groups in total. The van der Waals surface area contributed by atoms with Crippen molar-refractivity contribution in [2.45, 2.75) is 0 Å². The predicted molar refractivity (Wildman–Crippen MR) is 14.2 cm³/mol. The Bertz CT molecular complexity index is 36.6. The SMILES string of the molecule is [C-]#CCO.[Na+]. The Kier molecular flexibility index (Phi) is 16.1. The molecule has 0 rings (SSSR count). The van der Waals surface area contributed by atoms with E-state index in [1.54, 1.807) is 5.92 Å². The fourth-order valence-corrected chi connectivity index (χ4v) is 0. The summed E-state index contributed by atoms with van der Waals surface area (Å²) in [6.07, 6.45) is 5.95. The molecular formula is C3H3NaO. The fourth-order valence-electron chi connectivity index (χ4n) is 0. The third kappa shape index (κ3) is 12.4. The second-order valence-corrected chi connectivity index (χ2v) is 0.335. The molecule has 0 unspecified atom stereocenters. The standard InChI is InChI=1S/C3H3O.Na/c1-2-3-4;/h4H,3H2;/q-1;+1. The van der Waals surface area contributed by atoms with E-state index in [1.807, 2.05) is 0 Å². The zero-order valence-electron chi connectivity index (χ0n) is 3.15. The van der Waals surface area contributed by atoms with Gasteiger partial charge in [0.15, 0.2) is 0 Å². The van der Waals surface area contributed by atoms with E-state index in [1.165, 1.54) is 0 Å². The smallest absolute Gasteiger partial charge is 0.691 e. The minimum Gasteiger partial charge on any atom is -0.691 e. The molecule has 0 atom stereocenters. The molecule has 0 amide bonds. The van der Waals surface area contributed by atoms with Crippen molar-refractivity contribution in [2.24, 2.45) is 0 Å². The van der Waals surface area contributed by atoms with E-state index in [9.17, 15) is 0 Å². The van der Waals surface area contributed by atoms with Gasteiger partial charge in [0.1, 0.15) is 0 Å². The van der Waals surface area contributed by atoms with Crippen LogP contribution in [0.1, 0.15) is 0 Å². The predicted octanol–water partition coefficient (Wildman–Crippen LogP) is -3.43. The molecule has 0 aliphatic carbocycles. The Morgan fingerprint density at radius 2 is 2.00 bits per heavy atom. The fraction of sp³-hybridized carbons (Fsp3) is 0.333. The molecule has 0 aromatic carbocycles. The van der Waals surface area contributed by atoms with Crippen molar-refractivity contribution < 1.29 is 34.7 Å². The minimum absolute atomic E-state index is 0. The molecule has 0 radical (unpaired) electrons. The van der Waals surface area contributed by atoms with Crippen molar-refractivity contribution in [1.82, 2.24) is 0 Å². The van der Waals surface area contributed by atoms with E-state index >= 15 is 0 Å². The molecule has 1 nitrogen and oxygen atoms in total. The van der Waals surface area contributed by atoms with Crippen LogP contribution in [0.3, 0.4) is 0 Å². The number of aliphatic hydroxyl groups is 1. The Balaban J connectivity index is 0. The Morgan fingerprint density at radius 1 is 1.80 bits per heavy atom. The third-order valence-electron chi connectivity index (χ3n) is 0.0791. The zero-order valence-corrected chi connectivity index (χ0v) is 5.15. The number of hydrogen-bond donors (Lipinski definition) is 1. The first-order valence-corrected chi connectivity index (χ1v) is 0.920. The normalized spacial score (nSPS) is 4.00. The van der Waals surface area contributed by atoms with Crippen LogP contribution in [-0.2, 0) is 0 Å². The maximum Gasteiger partial charge on any atom is 1.00 e. The van der Waals surface area contributed by atoms with Gasteiger partial charge in [0, 0.05) is 0 Å². The first-order chi connectivity index (χ1) is 1.91. The van der Waals surface area contributed by atoms with E-state index in [-0.39, 0.29) is 36.2 Å². The van der Waals surface area contributed by atoms with Gasteiger partial charge < -0.3 is 17.5 Å². The van der Waals surface area contributed by atoms with Crippen LogP contribution in [0.2, 0.25) is 0 Å². The van der Waals surface area contributed by atoms with Gasteiger partial charge >= 0.3 is 29.6 Å². The molecule has 0 spiro atoms. The van der Waals surface area contributed by atoms with Crippen LogP contribution in [-0.4, -0.2) is 11.7 Å². The van der Waals surface area contributed by atoms with E-state index < -0.39 is 0 Å². The Hall–Kier alpha value is 0.520. The van der Waals surface area contributed by atoms with Gasteiger partial charge in [-0.1, -0.05) is 0 Å². The molecule has 0 saturated carbocycles.